The van der Waals surface area contributed by atoms with Crippen molar-refractivity contribution in [2.24, 2.45) is 0 Å². The lowest BCUT2D eigenvalue weighted by atomic mass is 9.94. The van der Waals surface area contributed by atoms with Crippen molar-refractivity contribution in [2.75, 3.05) is 32.1 Å². The standard InChI is InChI=1S/C17H22N6O2/c1-12-20-14(9-15(21-12)22-17-18-6-4-7-19-17)13-5-3-8-23(10-13)16(24)11-25-2/h4,6-7,9,13H,3,5,8,10-11H2,1-2H3,(H,18,19,20,21,22). The first-order valence-electron chi connectivity index (χ1n) is 8.32. The zero-order chi connectivity index (χ0) is 17.6. The number of ether oxygens (including phenoxy) is 1. The van der Waals surface area contributed by atoms with E-state index in [1.165, 1.54) is 7.11 Å². The number of anilines is 2. The van der Waals surface area contributed by atoms with Gasteiger partial charge in [0.25, 0.3) is 0 Å². The van der Waals surface area contributed by atoms with Gasteiger partial charge in [0.2, 0.25) is 11.9 Å². The van der Waals surface area contributed by atoms with Gasteiger partial charge in [0.05, 0.1) is 5.69 Å². The fourth-order valence-electron chi connectivity index (χ4n) is 3.00. The Labute approximate surface area is 146 Å². The zero-order valence-electron chi connectivity index (χ0n) is 14.5. The summed E-state index contributed by atoms with van der Waals surface area (Å²) < 4.78 is 4.96. The second kappa shape index (κ2) is 7.98. The van der Waals surface area contributed by atoms with Crippen LogP contribution in [0.1, 0.15) is 30.3 Å². The van der Waals surface area contributed by atoms with Crippen molar-refractivity contribution in [1.29, 1.82) is 0 Å². The van der Waals surface area contributed by atoms with Crippen molar-refractivity contribution in [2.45, 2.75) is 25.7 Å². The first-order chi connectivity index (χ1) is 12.2. The topological polar surface area (TPSA) is 93.1 Å². The van der Waals surface area contributed by atoms with Gasteiger partial charge in [0.1, 0.15) is 18.2 Å². The number of aromatic nitrogens is 4. The van der Waals surface area contributed by atoms with Crippen molar-refractivity contribution >= 4 is 17.7 Å². The Morgan fingerprint density at radius 1 is 1.36 bits per heavy atom. The van der Waals surface area contributed by atoms with Gasteiger partial charge in [-0.3, -0.25) is 4.79 Å². The van der Waals surface area contributed by atoms with Gasteiger partial charge in [0.15, 0.2) is 0 Å². The first kappa shape index (κ1) is 17.2. The summed E-state index contributed by atoms with van der Waals surface area (Å²) in [7, 11) is 1.54. The molecule has 0 bridgehead atoms. The number of likely N-dealkylation sites (tertiary alicyclic amines) is 1. The van der Waals surface area contributed by atoms with E-state index in [9.17, 15) is 4.79 Å². The average Bonchev–Trinajstić information content (AvgIpc) is 2.62. The van der Waals surface area contributed by atoms with E-state index in [0.717, 1.165) is 25.1 Å². The molecular weight excluding hydrogens is 320 g/mol. The van der Waals surface area contributed by atoms with Crippen LogP contribution in [0.4, 0.5) is 11.8 Å². The molecule has 2 aromatic rings. The van der Waals surface area contributed by atoms with Crippen molar-refractivity contribution in [1.82, 2.24) is 24.8 Å². The quantitative estimate of drug-likeness (QED) is 0.883. The Kier molecular flexibility index (Phi) is 5.49. The highest BCUT2D eigenvalue weighted by Gasteiger charge is 2.26. The number of methoxy groups -OCH3 is 1. The van der Waals surface area contributed by atoms with Crippen LogP contribution in [-0.4, -0.2) is 57.5 Å². The highest BCUT2D eigenvalue weighted by atomic mass is 16.5. The van der Waals surface area contributed by atoms with Crippen molar-refractivity contribution in [3.63, 3.8) is 0 Å². The molecule has 0 radical (unpaired) electrons. The smallest absolute Gasteiger partial charge is 0.248 e. The summed E-state index contributed by atoms with van der Waals surface area (Å²) in [4.78, 5) is 31.2. The molecule has 1 fully saturated rings. The molecule has 1 amide bonds. The van der Waals surface area contributed by atoms with Crippen LogP contribution in [0, 0.1) is 6.92 Å². The van der Waals surface area contributed by atoms with Gasteiger partial charge in [-0.25, -0.2) is 19.9 Å². The molecular formula is C17H22N6O2. The summed E-state index contributed by atoms with van der Waals surface area (Å²) in [6, 6.07) is 3.67. The number of nitrogens with one attached hydrogen (secondary N) is 1. The fourth-order valence-corrected chi connectivity index (χ4v) is 3.00. The monoisotopic (exact) mass is 342 g/mol. The maximum Gasteiger partial charge on any atom is 0.248 e. The van der Waals surface area contributed by atoms with E-state index in [2.05, 4.69) is 25.3 Å². The molecule has 1 N–H and O–H groups in total. The molecule has 1 saturated heterocycles. The molecule has 8 nitrogen and oxygen atoms in total. The van der Waals surface area contributed by atoms with Crippen LogP contribution in [0.5, 0.6) is 0 Å². The minimum Gasteiger partial charge on any atom is -0.375 e. The van der Waals surface area contributed by atoms with Gasteiger partial charge < -0.3 is 15.0 Å². The second-order valence-corrected chi connectivity index (χ2v) is 6.03. The van der Waals surface area contributed by atoms with Crippen LogP contribution >= 0.6 is 0 Å². The number of nitrogens with zero attached hydrogens (tertiary/aromatic N) is 5. The van der Waals surface area contributed by atoms with Crippen LogP contribution < -0.4 is 5.32 Å². The minimum absolute atomic E-state index is 0.0222. The lowest BCUT2D eigenvalue weighted by Gasteiger charge is -2.32. The Hall–Kier alpha value is -2.61. The van der Waals surface area contributed by atoms with Crippen molar-refractivity contribution < 1.29 is 9.53 Å². The molecule has 25 heavy (non-hydrogen) atoms. The number of hydrogen-bond acceptors (Lipinski definition) is 7. The zero-order valence-corrected chi connectivity index (χ0v) is 14.5. The first-order valence-corrected chi connectivity index (χ1v) is 8.32. The third kappa shape index (κ3) is 4.48. The lowest BCUT2D eigenvalue weighted by Crippen LogP contribution is -2.41. The fraction of sp³-hybridized carbons (Fsp3) is 0.471. The van der Waals surface area contributed by atoms with E-state index < -0.39 is 0 Å². The lowest BCUT2D eigenvalue weighted by molar-refractivity contribution is -0.136. The molecule has 0 aromatic carbocycles. The van der Waals surface area contributed by atoms with E-state index in [1.807, 2.05) is 17.9 Å². The van der Waals surface area contributed by atoms with Gasteiger partial charge in [-0.15, -0.1) is 0 Å². The number of carbonyl (C=O) groups is 1. The Morgan fingerprint density at radius 3 is 2.92 bits per heavy atom. The molecule has 3 rings (SSSR count). The molecule has 1 atom stereocenters. The van der Waals surface area contributed by atoms with E-state index in [4.69, 9.17) is 4.74 Å². The minimum atomic E-state index is 0.0222. The van der Waals surface area contributed by atoms with E-state index in [-0.39, 0.29) is 18.4 Å². The third-order valence-electron chi connectivity index (χ3n) is 4.12. The molecule has 1 unspecified atom stereocenters. The normalized spacial score (nSPS) is 17.4. The van der Waals surface area contributed by atoms with E-state index >= 15 is 0 Å². The van der Waals surface area contributed by atoms with Gasteiger partial charge in [-0.05, 0) is 25.8 Å². The van der Waals surface area contributed by atoms with E-state index in [0.29, 0.717) is 24.1 Å². The largest absolute Gasteiger partial charge is 0.375 e. The molecule has 8 heteroatoms. The number of hydrogen-bond donors (Lipinski definition) is 1. The number of aryl methyl sites for hydroxylation is 1. The molecule has 1 aliphatic heterocycles. The molecule has 2 aromatic heterocycles. The van der Waals surface area contributed by atoms with Crippen molar-refractivity contribution in [3.05, 3.63) is 36.0 Å². The summed E-state index contributed by atoms with van der Waals surface area (Å²) in [5, 5.41) is 3.10. The predicted molar refractivity (Wildman–Crippen MR) is 92.5 cm³/mol. The second-order valence-electron chi connectivity index (χ2n) is 6.03. The maximum atomic E-state index is 12.1. The highest BCUT2D eigenvalue weighted by molar-refractivity contribution is 5.77. The van der Waals surface area contributed by atoms with Gasteiger partial charge in [-0.1, -0.05) is 0 Å². The molecule has 0 aliphatic carbocycles. The highest BCUT2D eigenvalue weighted by Crippen LogP contribution is 2.27. The SMILES string of the molecule is COCC(=O)N1CCCC(c2cc(Nc3ncccn3)nc(C)n2)C1. The number of carbonyl (C=O) groups excluding carboxylic acids is 1. The number of amides is 1. The summed E-state index contributed by atoms with van der Waals surface area (Å²) in [6.07, 6.45) is 5.29. The Morgan fingerprint density at radius 2 is 2.16 bits per heavy atom. The molecule has 3 heterocycles. The van der Waals surface area contributed by atoms with Gasteiger partial charge in [-0.2, -0.15) is 0 Å². The van der Waals surface area contributed by atoms with Crippen LogP contribution in [-0.2, 0) is 9.53 Å². The molecule has 1 aliphatic rings. The van der Waals surface area contributed by atoms with Crippen LogP contribution in [0.25, 0.3) is 0 Å². The van der Waals surface area contributed by atoms with E-state index in [1.54, 1.807) is 18.5 Å². The van der Waals surface area contributed by atoms with Gasteiger partial charge in [0, 0.05) is 44.6 Å². The summed E-state index contributed by atoms with van der Waals surface area (Å²) in [5.74, 6) is 2.04. The average molecular weight is 342 g/mol. The number of piperidine rings is 1. The van der Waals surface area contributed by atoms with Gasteiger partial charge >= 0.3 is 0 Å². The maximum absolute atomic E-state index is 12.1. The van der Waals surface area contributed by atoms with Crippen LogP contribution in [0.2, 0.25) is 0 Å². The molecule has 0 spiro atoms. The molecule has 132 valence electrons. The summed E-state index contributed by atoms with van der Waals surface area (Å²) in [5.41, 5.74) is 0.931. The number of rotatable bonds is 5. The Balaban J connectivity index is 1.76. The summed E-state index contributed by atoms with van der Waals surface area (Å²) >= 11 is 0. The molecule has 0 saturated carbocycles. The summed E-state index contributed by atoms with van der Waals surface area (Å²) in [6.45, 7) is 3.40. The Bertz CT molecular complexity index is 724. The van der Waals surface area contributed by atoms with Crippen LogP contribution in [0.15, 0.2) is 24.5 Å². The van der Waals surface area contributed by atoms with Crippen molar-refractivity contribution in [3.8, 4) is 0 Å². The third-order valence-corrected chi connectivity index (χ3v) is 4.12. The van der Waals surface area contributed by atoms with Crippen LogP contribution in [0.3, 0.4) is 0 Å². The predicted octanol–water partition coefficient (Wildman–Crippen LogP) is 1.67.